The van der Waals surface area contributed by atoms with Gasteiger partial charge in [-0.3, -0.25) is 19.4 Å². The highest BCUT2D eigenvalue weighted by Gasteiger charge is 2.60. The first-order chi connectivity index (χ1) is 17.1. The van der Waals surface area contributed by atoms with E-state index < -0.39 is 60.2 Å². The smallest absolute Gasteiger partial charge is 0.255 e. The van der Waals surface area contributed by atoms with E-state index in [1.165, 1.54) is 17.3 Å². The predicted octanol–water partition coefficient (Wildman–Crippen LogP) is 2.47. The lowest BCUT2D eigenvalue weighted by atomic mass is 9.71. The van der Waals surface area contributed by atoms with Gasteiger partial charge in [0.15, 0.2) is 0 Å². The maximum Gasteiger partial charge on any atom is 0.255 e. The molecule has 0 unspecified atom stereocenters. The minimum Gasteiger partial charge on any atom is -0.373 e. The molecule has 4 heterocycles. The van der Waals surface area contributed by atoms with Crippen molar-refractivity contribution in [3.05, 3.63) is 23.5 Å². The molecule has 9 nitrogen and oxygen atoms in total. The van der Waals surface area contributed by atoms with Crippen LogP contribution in [-0.2, 0) is 14.4 Å². The molecule has 4 aliphatic rings. The Morgan fingerprint density at radius 1 is 1.36 bits per heavy atom. The minimum absolute atomic E-state index is 0.0823. The first-order valence-electron chi connectivity index (χ1n) is 12.2. The fraction of sp³-hybridized carbons (Fsp3) is 0.625. The number of rotatable bonds is 7. The molecular formula is C24H29ClF2N6O3. The number of anilines is 1. The topological polar surface area (TPSA) is 127 Å². The minimum atomic E-state index is -3.11. The quantitative estimate of drug-likeness (QED) is 0.505. The van der Waals surface area contributed by atoms with E-state index in [0.717, 1.165) is 6.42 Å². The maximum atomic E-state index is 14.9. The SMILES string of the molecule is C[C@H](Nc1cncc(Cl)c1)C(=O)N1[C@@H]2CC[C@H]([C@@H]1C(=O)N[C@H](C#N)C[C@@H]1CCCNC1=O)C(F)(F)C2. The molecule has 2 bridgehead atoms. The molecule has 3 saturated heterocycles. The van der Waals surface area contributed by atoms with E-state index in [1.54, 1.807) is 13.0 Å². The van der Waals surface area contributed by atoms with Crippen LogP contribution in [-0.4, -0.2) is 64.2 Å². The third-order valence-electron chi connectivity index (χ3n) is 7.31. The number of fused-ring (bicyclic) bond motifs is 3. The molecule has 3 N–H and O–H groups in total. The van der Waals surface area contributed by atoms with E-state index >= 15 is 0 Å². The van der Waals surface area contributed by atoms with Crippen molar-refractivity contribution in [3.63, 3.8) is 0 Å². The van der Waals surface area contributed by atoms with Gasteiger partial charge in [-0.15, -0.1) is 0 Å². The highest BCUT2D eigenvalue weighted by Crippen LogP contribution is 2.49. The summed E-state index contributed by atoms with van der Waals surface area (Å²) in [7, 11) is 0. The van der Waals surface area contributed by atoms with E-state index in [9.17, 15) is 28.4 Å². The normalized spacial score (nSPS) is 28.4. The van der Waals surface area contributed by atoms with Gasteiger partial charge in [0.25, 0.3) is 5.92 Å². The number of alkyl halides is 2. The summed E-state index contributed by atoms with van der Waals surface area (Å²) in [4.78, 5) is 44.2. The van der Waals surface area contributed by atoms with Crippen LogP contribution in [0.2, 0.25) is 5.02 Å². The van der Waals surface area contributed by atoms with Crippen LogP contribution < -0.4 is 16.0 Å². The molecule has 0 radical (unpaired) electrons. The van der Waals surface area contributed by atoms with Gasteiger partial charge in [0.05, 0.1) is 28.9 Å². The average Bonchev–Trinajstić information content (AvgIpc) is 2.83. The van der Waals surface area contributed by atoms with Crippen molar-refractivity contribution in [1.29, 1.82) is 5.26 Å². The number of aromatic nitrogens is 1. The number of carbonyl (C=O) groups excluding carboxylic acids is 3. The lowest BCUT2D eigenvalue weighted by molar-refractivity contribution is -0.194. The molecule has 1 saturated carbocycles. The van der Waals surface area contributed by atoms with E-state index in [2.05, 4.69) is 20.9 Å². The molecule has 194 valence electrons. The molecule has 6 atom stereocenters. The van der Waals surface area contributed by atoms with Crippen molar-refractivity contribution in [2.75, 3.05) is 11.9 Å². The number of carbonyl (C=O) groups is 3. The predicted molar refractivity (Wildman–Crippen MR) is 127 cm³/mol. The van der Waals surface area contributed by atoms with Gasteiger partial charge in [0, 0.05) is 31.1 Å². The van der Waals surface area contributed by atoms with Crippen molar-refractivity contribution in [3.8, 4) is 6.07 Å². The van der Waals surface area contributed by atoms with Crippen molar-refractivity contribution >= 4 is 35.0 Å². The van der Waals surface area contributed by atoms with Crippen molar-refractivity contribution < 1.29 is 23.2 Å². The summed E-state index contributed by atoms with van der Waals surface area (Å²) in [5, 5.41) is 18.3. The Labute approximate surface area is 212 Å². The van der Waals surface area contributed by atoms with Gasteiger partial charge >= 0.3 is 0 Å². The maximum absolute atomic E-state index is 14.9. The van der Waals surface area contributed by atoms with Crippen LogP contribution in [0.25, 0.3) is 0 Å². The van der Waals surface area contributed by atoms with Crippen molar-refractivity contribution in [2.45, 2.75) is 75.5 Å². The Balaban J connectivity index is 1.52. The molecule has 5 rings (SSSR count). The number of halogens is 3. The second kappa shape index (κ2) is 10.5. The number of nitrogens with zero attached hydrogens (tertiary/aromatic N) is 3. The fourth-order valence-corrected chi connectivity index (χ4v) is 5.77. The van der Waals surface area contributed by atoms with E-state index in [-0.39, 0.29) is 18.7 Å². The van der Waals surface area contributed by atoms with Crippen LogP contribution in [0.15, 0.2) is 18.5 Å². The Hall–Kier alpha value is -3.00. The van der Waals surface area contributed by atoms with E-state index in [4.69, 9.17) is 11.6 Å². The van der Waals surface area contributed by atoms with Gasteiger partial charge in [-0.2, -0.15) is 5.26 Å². The highest BCUT2D eigenvalue weighted by atomic mass is 35.5. The first kappa shape index (κ1) is 26.1. The van der Waals surface area contributed by atoms with Gasteiger partial charge in [0.1, 0.15) is 18.1 Å². The molecule has 0 aromatic carbocycles. The summed E-state index contributed by atoms with van der Waals surface area (Å²) >= 11 is 5.96. The number of piperidine rings is 3. The molecule has 3 aliphatic heterocycles. The van der Waals surface area contributed by atoms with Gasteiger partial charge in [-0.05, 0) is 45.1 Å². The van der Waals surface area contributed by atoms with E-state index in [0.29, 0.717) is 30.1 Å². The zero-order valence-electron chi connectivity index (χ0n) is 19.8. The summed E-state index contributed by atoms with van der Waals surface area (Å²) in [5.41, 5.74) is 0.479. The van der Waals surface area contributed by atoms with Crippen LogP contribution in [0, 0.1) is 23.2 Å². The van der Waals surface area contributed by atoms with Crippen LogP contribution in [0.1, 0.15) is 45.4 Å². The molecular weight excluding hydrogens is 494 g/mol. The standard InChI is InChI=1S/C24H29ClF2N6O3/c1-13(31-17-8-15(25)11-29-12-17)23(36)33-18-4-5-19(24(26,27)9-18)20(33)22(35)32-16(10-28)7-14-3-2-6-30-21(14)34/h8,11-14,16,18-20,31H,2-7,9H2,1H3,(H,30,34)(H,32,35)/t13-,14-,16-,18+,19+,20+/m0/s1. The molecule has 0 spiro atoms. The molecule has 3 amide bonds. The zero-order valence-corrected chi connectivity index (χ0v) is 20.6. The Morgan fingerprint density at radius 3 is 2.81 bits per heavy atom. The zero-order chi connectivity index (χ0) is 26.0. The Bertz CT molecular complexity index is 1070. The molecule has 1 aromatic rings. The van der Waals surface area contributed by atoms with Gasteiger partial charge < -0.3 is 20.9 Å². The monoisotopic (exact) mass is 522 g/mol. The second-order valence-electron chi connectivity index (χ2n) is 9.81. The third-order valence-corrected chi connectivity index (χ3v) is 7.52. The van der Waals surface area contributed by atoms with Gasteiger partial charge in [-0.25, -0.2) is 8.78 Å². The van der Waals surface area contributed by atoms with Gasteiger partial charge in [0.2, 0.25) is 17.7 Å². The van der Waals surface area contributed by atoms with Gasteiger partial charge in [-0.1, -0.05) is 11.6 Å². The fourth-order valence-electron chi connectivity index (χ4n) is 5.60. The summed E-state index contributed by atoms with van der Waals surface area (Å²) in [6.07, 6.45) is 4.30. The van der Waals surface area contributed by atoms with Crippen LogP contribution in [0.4, 0.5) is 14.5 Å². The molecule has 1 aliphatic carbocycles. The molecule has 1 aromatic heterocycles. The number of amides is 3. The number of pyridine rings is 1. The summed E-state index contributed by atoms with van der Waals surface area (Å²) < 4.78 is 29.8. The molecule has 36 heavy (non-hydrogen) atoms. The molecule has 4 fully saturated rings. The summed E-state index contributed by atoms with van der Waals surface area (Å²) in [5.74, 6) is -6.39. The van der Waals surface area contributed by atoms with E-state index in [1.807, 2.05) is 6.07 Å². The second-order valence-corrected chi connectivity index (χ2v) is 10.2. The Kier molecular flexibility index (Phi) is 7.64. The van der Waals surface area contributed by atoms with Crippen LogP contribution in [0.5, 0.6) is 0 Å². The summed E-state index contributed by atoms with van der Waals surface area (Å²) in [6, 6.07) is -0.547. The largest absolute Gasteiger partial charge is 0.373 e. The average molecular weight is 523 g/mol. The molecule has 12 heteroatoms. The third kappa shape index (κ3) is 5.38. The Morgan fingerprint density at radius 2 is 2.14 bits per heavy atom. The number of nitrogens with one attached hydrogen (secondary N) is 3. The van der Waals surface area contributed by atoms with Crippen molar-refractivity contribution in [1.82, 2.24) is 20.5 Å². The lowest BCUT2D eigenvalue weighted by Gasteiger charge is -2.54. The number of nitriles is 1. The first-order valence-corrected chi connectivity index (χ1v) is 12.5. The van der Waals surface area contributed by atoms with Crippen molar-refractivity contribution in [2.24, 2.45) is 11.8 Å². The van der Waals surface area contributed by atoms with Crippen LogP contribution >= 0.6 is 11.6 Å². The highest BCUT2D eigenvalue weighted by molar-refractivity contribution is 6.30. The lowest BCUT2D eigenvalue weighted by Crippen LogP contribution is -2.70. The number of hydrogen-bond acceptors (Lipinski definition) is 6. The summed E-state index contributed by atoms with van der Waals surface area (Å²) in [6.45, 7) is 2.14. The van der Waals surface area contributed by atoms with Crippen LogP contribution in [0.3, 0.4) is 0 Å². The number of hydrogen-bond donors (Lipinski definition) is 3.